The number of nitrogens with zero attached hydrogens (tertiary/aromatic N) is 3. The smallest absolute Gasteiger partial charge is 0.116 e. The molecule has 0 aliphatic heterocycles. The third-order valence-corrected chi connectivity index (χ3v) is 4.51. The summed E-state index contributed by atoms with van der Waals surface area (Å²) < 4.78 is 0. The van der Waals surface area contributed by atoms with E-state index in [-0.39, 0.29) is 5.92 Å². The number of hydrogen-bond acceptors (Lipinski definition) is 4. The van der Waals surface area contributed by atoms with E-state index >= 15 is 0 Å². The summed E-state index contributed by atoms with van der Waals surface area (Å²) in [6.45, 7) is 0.531. The van der Waals surface area contributed by atoms with Crippen LogP contribution in [0.4, 0.5) is 0 Å². The molecular formula is C20H19N5. The molecule has 5 nitrogen and oxygen atoms in total. The summed E-state index contributed by atoms with van der Waals surface area (Å²) in [5, 5.41) is 13.7. The molecule has 0 fully saturated rings. The molecule has 25 heavy (non-hydrogen) atoms. The predicted molar refractivity (Wildman–Crippen MR) is 99.1 cm³/mol. The molecule has 1 unspecified atom stereocenters. The second-order valence-corrected chi connectivity index (χ2v) is 6.13. The molecule has 0 radical (unpaired) electrons. The van der Waals surface area contributed by atoms with E-state index < -0.39 is 0 Å². The summed E-state index contributed by atoms with van der Waals surface area (Å²) in [5.41, 5.74) is 10.2. The Kier molecular flexibility index (Phi) is 4.23. The molecule has 2 aromatic heterocycles. The lowest BCUT2D eigenvalue weighted by atomic mass is 9.93. The van der Waals surface area contributed by atoms with Crippen LogP contribution in [0.25, 0.3) is 22.0 Å². The minimum atomic E-state index is 0.139. The maximum Gasteiger partial charge on any atom is 0.116 e. The average molecular weight is 329 g/mol. The van der Waals surface area contributed by atoms with E-state index in [0.717, 1.165) is 34.1 Å². The van der Waals surface area contributed by atoms with Crippen molar-refractivity contribution in [3.8, 4) is 11.3 Å². The number of fused-ring (bicyclic) bond motifs is 1. The normalized spacial score (nSPS) is 12.4. The van der Waals surface area contributed by atoms with Crippen LogP contribution in [0.3, 0.4) is 0 Å². The molecule has 0 saturated heterocycles. The van der Waals surface area contributed by atoms with Gasteiger partial charge in [-0.3, -0.25) is 10.1 Å². The first-order chi connectivity index (χ1) is 12.3. The largest absolute Gasteiger partial charge is 0.330 e. The number of aromatic nitrogens is 4. The highest BCUT2D eigenvalue weighted by Gasteiger charge is 2.19. The van der Waals surface area contributed by atoms with Crippen LogP contribution in [-0.4, -0.2) is 26.9 Å². The van der Waals surface area contributed by atoms with Crippen molar-refractivity contribution in [3.63, 3.8) is 0 Å². The van der Waals surface area contributed by atoms with Crippen molar-refractivity contribution in [2.75, 3.05) is 6.54 Å². The van der Waals surface area contributed by atoms with Crippen molar-refractivity contribution in [1.29, 1.82) is 0 Å². The number of nitrogens with two attached hydrogens (primary N) is 1. The lowest BCUT2D eigenvalue weighted by molar-refractivity contribution is 0.670. The first-order valence-corrected chi connectivity index (χ1v) is 8.34. The highest BCUT2D eigenvalue weighted by atomic mass is 15.3. The summed E-state index contributed by atoms with van der Waals surface area (Å²) >= 11 is 0. The van der Waals surface area contributed by atoms with Gasteiger partial charge in [0.05, 0.1) is 5.69 Å². The topological polar surface area (TPSA) is 80.5 Å². The van der Waals surface area contributed by atoms with Gasteiger partial charge in [0, 0.05) is 35.8 Å². The molecular weight excluding hydrogens is 310 g/mol. The average Bonchev–Trinajstić information content (AvgIpc) is 3.16. The van der Waals surface area contributed by atoms with Crippen LogP contribution in [0.5, 0.6) is 0 Å². The van der Waals surface area contributed by atoms with Gasteiger partial charge < -0.3 is 5.73 Å². The number of benzene rings is 2. The molecule has 2 heterocycles. The number of hydrogen-bond donors (Lipinski definition) is 2. The summed E-state index contributed by atoms with van der Waals surface area (Å²) in [7, 11) is 0. The SMILES string of the molecule is NCC(Cc1ccccc1)c1[nH]nnc1-c1ccc2cnccc2c1. The van der Waals surface area contributed by atoms with E-state index in [0.29, 0.717) is 6.54 Å². The fourth-order valence-corrected chi connectivity index (χ4v) is 3.17. The Bertz CT molecular complexity index is 977. The number of rotatable bonds is 5. The van der Waals surface area contributed by atoms with Crippen LogP contribution in [0.2, 0.25) is 0 Å². The third kappa shape index (κ3) is 3.14. The highest BCUT2D eigenvalue weighted by molar-refractivity contribution is 5.86. The predicted octanol–water partition coefficient (Wildman–Crippen LogP) is 3.30. The minimum Gasteiger partial charge on any atom is -0.330 e. The molecule has 5 heteroatoms. The van der Waals surface area contributed by atoms with Crippen molar-refractivity contribution in [3.05, 3.63) is 78.2 Å². The maximum absolute atomic E-state index is 6.07. The van der Waals surface area contributed by atoms with Gasteiger partial charge in [-0.1, -0.05) is 47.7 Å². The second kappa shape index (κ2) is 6.83. The van der Waals surface area contributed by atoms with Crippen molar-refractivity contribution < 1.29 is 0 Å². The molecule has 0 amide bonds. The quantitative estimate of drug-likeness (QED) is 0.589. The molecule has 0 spiro atoms. The third-order valence-electron chi connectivity index (χ3n) is 4.51. The standard InChI is InChI=1S/C20H19N5/c21-12-18(10-14-4-2-1-3-5-14)20-19(23-25-24-20)16-6-7-17-13-22-9-8-15(17)11-16/h1-9,11,13,18H,10,12,21H2,(H,23,24,25). The van der Waals surface area contributed by atoms with E-state index in [4.69, 9.17) is 5.73 Å². The molecule has 4 rings (SSSR count). The zero-order valence-corrected chi connectivity index (χ0v) is 13.8. The van der Waals surface area contributed by atoms with Crippen molar-refractivity contribution in [2.45, 2.75) is 12.3 Å². The van der Waals surface area contributed by atoms with Crippen LogP contribution in [0.15, 0.2) is 67.0 Å². The monoisotopic (exact) mass is 329 g/mol. The number of nitrogens with one attached hydrogen (secondary N) is 1. The highest BCUT2D eigenvalue weighted by Crippen LogP contribution is 2.29. The lowest BCUT2D eigenvalue weighted by Crippen LogP contribution is -2.16. The lowest BCUT2D eigenvalue weighted by Gasteiger charge is -2.14. The Labute approximate surface area is 145 Å². The van der Waals surface area contributed by atoms with Gasteiger partial charge in [-0.05, 0) is 29.5 Å². The van der Waals surface area contributed by atoms with Crippen molar-refractivity contribution in [1.82, 2.24) is 20.4 Å². The molecule has 4 aromatic rings. The van der Waals surface area contributed by atoms with Gasteiger partial charge in [0.1, 0.15) is 5.69 Å². The van der Waals surface area contributed by atoms with Crippen molar-refractivity contribution in [2.24, 2.45) is 5.73 Å². The van der Waals surface area contributed by atoms with E-state index in [1.807, 2.05) is 30.5 Å². The summed E-state index contributed by atoms with van der Waals surface area (Å²) in [6, 6.07) is 18.6. The fraction of sp³-hybridized carbons (Fsp3) is 0.150. The molecule has 0 aliphatic rings. The van der Waals surface area contributed by atoms with Gasteiger partial charge in [-0.2, -0.15) is 0 Å². The zero-order valence-electron chi connectivity index (χ0n) is 13.8. The van der Waals surface area contributed by atoms with Gasteiger partial charge in [0.15, 0.2) is 0 Å². The summed E-state index contributed by atoms with van der Waals surface area (Å²) in [5.74, 6) is 0.139. The fourth-order valence-electron chi connectivity index (χ4n) is 3.17. The molecule has 2 aromatic carbocycles. The summed E-state index contributed by atoms with van der Waals surface area (Å²) in [6.07, 6.45) is 4.51. The number of H-pyrrole nitrogens is 1. The van der Waals surface area contributed by atoms with Gasteiger partial charge in [0.25, 0.3) is 0 Å². The minimum absolute atomic E-state index is 0.139. The van der Waals surface area contributed by atoms with E-state index in [2.05, 4.69) is 50.7 Å². The van der Waals surface area contributed by atoms with Gasteiger partial charge in [0.2, 0.25) is 0 Å². The summed E-state index contributed by atoms with van der Waals surface area (Å²) in [4.78, 5) is 4.16. The van der Waals surface area contributed by atoms with Crippen LogP contribution in [-0.2, 0) is 6.42 Å². The molecule has 1 atom stereocenters. The first-order valence-electron chi connectivity index (χ1n) is 8.34. The molecule has 124 valence electrons. The number of pyridine rings is 1. The maximum atomic E-state index is 6.07. The van der Waals surface area contributed by atoms with Crippen LogP contribution >= 0.6 is 0 Å². The van der Waals surface area contributed by atoms with Crippen LogP contribution in [0, 0.1) is 0 Å². The molecule has 3 N–H and O–H groups in total. The van der Waals surface area contributed by atoms with E-state index in [9.17, 15) is 0 Å². The van der Waals surface area contributed by atoms with Crippen molar-refractivity contribution >= 4 is 10.8 Å². The van der Waals surface area contributed by atoms with Gasteiger partial charge in [-0.25, -0.2) is 0 Å². The van der Waals surface area contributed by atoms with Crippen LogP contribution < -0.4 is 5.73 Å². The van der Waals surface area contributed by atoms with E-state index in [1.54, 1.807) is 6.20 Å². The number of aromatic amines is 1. The Balaban J connectivity index is 1.70. The van der Waals surface area contributed by atoms with Gasteiger partial charge >= 0.3 is 0 Å². The molecule has 0 aliphatic carbocycles. The Hall–Kier alpha value is -3.05. The zero-order chi connectivity index (χ0) is 17.1. The Morgan fingerprint density at radius 1 is 1.00 bits per heavy atom. The molecule has 0 bridgehead atoms. The Morgan fingerprint density at radius 2 is 1.88 bits per heavy atom. The Morgan fingerprint density at radius 3 is 2.72 bits per heavy atom. The molecule has 0 saturated carbocycles. The first kappa shape index (κ1) is 15.5. The second-order valence-electron chi connectivity index (χ2n) is 6.13. The van der Waals surface area contributed by atoms with Crippen LogP contribution in [0.1, 0.15) is 17.2 Å². The van der Waals surface area contributed by atoms with Gasteiger partial charge in [-0.15, -0.1) is 5.10 Å². The van der Waals surface area contributed by atoms with E-state index in [1.165, 1.54) is 5.56 Å².